The molecule has 0 aromatic heterocycles. The van der Waals surface area contributed by atoms with Crippen molar-refractivity contribution in [1.82, 2.24) is 0 Å². The number of anilines is 2. The second kappa shape index (κ2) is 5.21. The number of halogens is 4. The molecule has 2 aromatic rings. The number of rotatable bonds is 2. The Bertz CT molecular complexity index is 694. The van der Waals surface area contributed by atoms with Gasteiger partial charge in [-0.2, -0.15) is 5.26 Å². The van der Waals surface area contributed by atoms with Gasteiger partial charge in [-0.1, -0.05) is 6.07 Å². The first-order valence-electron chi connectivity index (χ1n) is 5.54. The maximum Gasteiger partial charge on any atom is 0.185 e. The Morgan fingerprint density at radius 3 is 2.15 bits per heavy atom. The number of nitriles is 1. The van der Waals surface area contributed by atoms with Crippen LogP contribution in [0.15, 0.2) is 24.3 Å². The van der Waals surface area contributed by atoms with E-state index in [-0.39, 0.29) is 17.3 Å². The third kappa shape index (κ3) is 2.43. The number of nitrogens with zero attached hydrogens (tertiary/aromatic N) is 1. The SMILES string of the molecule is Cc1ccc(C#N)c(Nc2c(F)c(F)cc(F)c2F)c1. The Morgan fingerprint density at radius 2 is 1.60 bits per heavy atom. The van der Waals surface area contributed by atoms with E-state index in [2.05, 4.69) is 5.32 Å². The fourth-order valence-electron chi connectivity index (χ4n) is 1.68. The van der Waals surface area contributed by atoms with Crippen LogP contribution in [-0.4, -0.2) is 0 Å². The summed E-state index contributed by atoms with van der Waals surface area (Å²) in [5, 5.41) is 11.1. The van der Waals surface area contributed by atoms with Gasteiger partial charge in [0.25, 0.3) is 0 Å². The number of hydrogen-bond acceptors (Lipinski definition) is 2. The summed E-state index contributed by atoms with van der Waals surface area (Å²) >= 11 is 0. The van der Waals surface area contributed by atoms with Crippen LogP contribution >= 0.6 is 0 Å². The highest BCUT2D eigenvalue weighted by Gasteiger charge is 2.20. The summed E-state index contributed by atoms with van der Waals surface area (Å²) in [6, 6.07) is 6.44. The molecule has 0 spiro atoms. The van der Waals surface area contributed by atoms with Gasteiger partial charge in [-0.05, 0) is 24.6 Å². The standard InChI is InChI=1S/C14H8F4N2/c1-7-2-3-8(6-19)11(4-7)20-14-12(17)9(15)5-10(16)13(14)18/h2-5,20H,1H3. The summed E-state index contributed by atoms with van der Waals surface area (Å²) in [4.78, 5) is 0. The van der Waals surface area contributed by atoms with E-state index in [0.717, 1.165) is 0 Å². The molecular weight excluding hydrogens is 272 g/mol. The van der Waals surface area contributed by atoms with Crippen molar-refractivity contribution in [3.63, 3.8) is 0 Å². The topological polar surface area (TPSA) is 35.8 Å². The molecule has 2 rings (SSSR count). The third-order valence-corrected chi connectivity index (χ3v) is 2.67. The fourth-order valence-corrected chi connectivity index (χ4v) is 1.68. The first-order valence-corrected chi connectivity index (χ1v) is 5.54. The molecule has 102 valence electrons. The van der Waals surface area contributed by atoms with Crippen molar-refractivity contribution in [3.8, 4) is 6.07 Å². The lowest BCUT2D eigenvalue weighted by Crippen LogP contribution is -2.04. The van der Waals surface area contributed by atoms with Crippen LogP contribution in [0.4, 0.5) is 28.9 Å². The van der Waals surface area contributed by atoms with Crippen LogP contribution in [0.2, 0.25) is 0 Å². The van der Waals surface area contributed by atoms with E-state index < -0.39 is 29.0 Å². The predicted molar refractivity (Wildman–Crippen MR) is 65.5 cm³/mol. The summed E-state index contributed by atoms with van der Waals surface area (Å²) in [5.41, 5.74) is -0.0943. The van der Waals surface area contributed by atoms with Gasteiger partial charge in [0, 0.05) is 6.07 Å². The van der Waals surface area contributed by atoms with Crippen molar-refractivity contribution < 1.29 is 17.6 Å². The zero-order valence-electron chi connectivity index (χ0n) is 10.3. The lowest BCUT2D eigenvalue weighted by atomic mass is 10.1. The normalized spacial score (nSPS) is 10.2. The predicted octanol–water partition coefficient (Wildman–Crippen LogP) is 4.17. The van der Waals surface area contributed by atoms with Crippen LogP contribution in [0.3, 0.4) is 0 Å². The van der Waals surface area contributed by atoms with E-state index in [1.54, 1.807) is 13.0 Å². The Kier molecular flexibility index (Phi) is 3.61. The molecule has 0 heterocycles. The van der Waals surface area contributed by atoms with Gasteiger partial charge in [0.05, 0.1) is 11.3 Å². The maximum atomic E-state index is 13.5. The first kappa shape index (κ1) is 13.9. The molecule has 6 heteroatoms. The lowest BCUT2D eigenvalue weighted by Gasteiger charge is -2.12. The molecule has 0 bridgehead atoms. The molecule has 20 heavy (non-hydrogen) atoms. The van der Waals surface area contributed by atoms with Crippen molar-refractivity contribution >= 4 is 11.4 Å². The van der Waals surface area contributed by atoms with Crippen LogP contribution < -0.4 is 5.32 Å². The molecule has 2 aromatic carbocycles. The Morgan fingerprint density at radius 1 is 1.00 bits per heavy atom. The van der Waals surface area contributed by atoms with Crippen LogP contribution in [-0.2, 0) is 0 Å². The zero-order chi connectivity index (χ0) is 14.9. The number of benzene rings is 2. The van der Waals surface area contributed by atoms with Gasteiger partial charge >= 0.3 is 0 Å². The molecule has 0 saturated heterocycles. The van der Waals surface area contributed by atoms with Gasteiger partial charge in [0.2, 0.25) is 0 Å². The number of nitrogens with one attached hydrogen (secondary N) is 1. The molecule has 0 unspecified atom stereocenters. The molecule has 0 atom stereocenters. The van der Waals surface area contributed by atoms with Crippen molar-refractivity contribution in [2.75, 3.05) is 5.32 Å². The maximum absolute atomic E-state index is 13.5. The quantitative estimate of drug-likeness (QED) is 0.662. The van der Waals surface area contributed by atoms with E-state index in [9.17, 15) is 17.6 Å². The summed E-state index contributed by atoms with van der Waals surface area (Å²) in [6.45, 7) is 1.70. The fraction of sp³-hybridized carbons (Fsp3) is 0.0714. The highest BCUT2D eigenvalue weighted by Crippen LogP contribution is 2.29. The minimum atomic E-state index is -1.55. The molecular formula is C14H8F4N2. The van der Waals surface area contributed by atoms with E-state index in [1.165, 1.54) is 12.1 Å². The molecule has 0 radical (unpaired) electrons. The van der Waals surface area contributed by atoms with Gasteiger partial charge in [0.15, 0.2) is 23.3 Å². The molecule has 1 N–H and O–H groups in total. The summed E-state index contributed by atoms with van der Waals surface area (Å²) in [5.74, 6) is -6.13. The molecule has 0 amide bonds. The lowest BCUT2D eigenvalue weighted by molar-refractivity contribution is 0.459. The summed E-state index contributed by atoms with van der Waals surface area (Å²) < 4.78 is 53.3. The van der Waals surface area contributed by atoms with Gasteiger partial charge in [-0.3, -0.25) is 0 Å². The minimum absolute atomic E-state index is 0.0651. The third-order valence-electron chi connectivity index (χ3n) is 2.67. The smallest absolute Gasteiger partial charge is 0.185 e. The average molecular weight is 280 g/mol. The second-order valence-corrected chi connectivity index (χ2v) is 4.13. The molecule has 0 aliphatic heterocycles. The van der Waals surface area contributed by atoms with E-state index >= 15 is 0 Å². The van der Waals surface area contributed by atoms with Crippen molar-refractivity contribution in [2.45, 2.75) is 6.92 Å². The van der Waals surface area contributed by atoms with Gasteiger partial charge in [-0.15, -0.1) is 0 Å². The summed E-state index contributed by atoms with van der Waals surface area (Å²) in [6.07, 6.45) is 0. The summed E-state index contributed by atoms with van der Waals surface area (Å²) in [7, 11) is 0. The molecule has 0 saturated carbocycles. The minimum Gasteiger partial charge on any atom is -0.349 e. The molecule has 0 fully saturated rings. The van der Waals surface area contributed by atoms with Crippen LogP contribution in [0.1, 0.15) is 11.1 Å². The van der Waals surface area contributed by atoms with Gasteiger partial charge in [-0.25, -0.2) is 17.6 Å². The van der Waals surface area contributed by atoms with Gasteiger partial charge in [0.1, 0.15) is 11.8 Å². The highest BCUT2D eigenvalue weighted by molar-refractivity contribution is 5.68. The number of aryl methyl sites for hydroxylation is 1. The Labute approximate surface area is 112 Å². The van der Waals surface area contributed by atoms with E-state index in [1.807, 2.05) is 6.07 Å². The van der Waals surface area contributed by atoms with Crippen molar-refractivity contribution in [2.24, 2.45) is 0 Å². The largest absolute Gasteiger partial charge is 0.349 e. The average Bonchev–Trinajstić information content (AvgIpc) is 2.41. The zero-order valence-corrected chi connectivity index (χ0v) is 10.3. The monoisotopic (exact) mass is 280 g/mol. The Hall–Kier alpha value is -2.55. The van der Waals surface area contributed by atoms with Crippen molar-refractivity contribution in [1.29, 1.82) is 5.26 Å². The van der Waals surface area contributed by atoms with Crippen LogP contribution in [0.25, 0.3) is 0 Å². The van der Waals surface area contributed by atoms with Crippen LogP contribution in [0, 0.1) is 41.5 Å². The first-order chi connectivity index (χ1) is 9.43. The number of hydrogen-bond donors (Lipinski definition) is 1. The molecule has 0 aliphatic rings. The second-order valence-electron chi connectivity index (χ2n) is 4.13. The highest BCUT2D eigenvalue weighted by atomic mass is 19.2. The van der Waals surface area contributed by atoms with E-state index in [4.69, 9.17) is 5.26 Å². The van der Waals surface area contributed by atoms with Crippen LogP contribution in [0.5, 0.6) is 0 Å². The van der Waals surface area contributed by atoms with Gasteiger partial charge < -0.3 is 5.32 Å². The van der Waals surface area contributed by atoms with E-state index in [0.29, 0.717) is 5.56 Å². The molecule has 0 aliphatic carbocycles. The van der Waals surface area contributed by atoms with Crippen molar-refractivity contribution in [3.05, 3.63) is 58.7 Å². The molecule has 2 nitrogen and oxygen atoms in total. The Balaban J connectivity index is 2.56.